The van der Waals surface area contributed by atoms with Crippen LogP contribution in [0.2, 0.25) is 0 Å². The molecule has 1 N–H and O–H groups in total. The van der Waals surface area contributed by atoms with E-state index in [1.165, 1.54) is 11.8 Å². The van der Waals surface area contributed by atoms with Crippen LogP contribution in [0.3, 0.4) is 0 Å². The molecule has 1 aliphatic rings. The van der Waals surface area contributed by atoms with Crippen molar-refractivity contribution < 1.29 is 14.3 Å². The lowest BCUT2D eigenvalue weighted by molar-refractivity contribution is -0.130. The lowest BCUT2D eigenvalue weighted by Crippen LogP contribution is -2.30. The van der Waals surface area contributed by atoms with Crippen LogP contribution in [-0.4, -0.2) is 49.7 Å². The van der Waals surface area contributed by atoms with Gasteiger partial charge in [-0.15, -0.1) is 21.5 Å². The van der Waals surface area contributed by atoms with Gasteiger partial charge in [-0.05, 0) is 41.6 Å². The van der Waals surface area contributed by atoms with E-state index in [9.17, 15) is 9.59 Å². The number of nitrogens with one attached hydrogen (secondary N) is 1. The molecule has 5 aromatic rings. The third kappa shape index (κ3) is 7.68. The van der Waals surface area contributed by atoms with Crippen molar-refractivity contribution in [2.45, 2.75) is 37.6 Å². The predicted molar refractivity (Wildman–Crippen MR) is 176 cm³/mol. The molecule has 0 fully saturated rings. The molecule has 0 aliphatic carbocycles. The van der Waals surface area contributed by atoms with Gasteiger partial charge in [-0.1, -0.05) is 96.2 Å². The standard InChI is InChI=1S/C34H32N6O3S2/c1-24-14-16-26(17-15-24)29-19-28(30-13-8-18-44-30)38-40(29)33(42)23-45-34-37-36-31(39(34)21-25-9-4-2-5-10-25)20-35-32(41)22-43-27-11-6-3-7-12-27/h2-18,29H,19-23H2,1H3,(H,35,41). The smallest absolute Gasteiger partial charge is 0.258 e. The predicted octanol–water partition coefficient (Wildman–Crippen LogP) is 5.86. The van der Waals surface area contributed by atoms with Crippen LogP contribution in [0.15, 0.2) is 113 Å². The Labute approximate surface area is 270 Å². The second-order valence-electron chi connectivity index (χ2n) is 10.5. The highest BCUT2D eigenvalue weighted by Crippen LogP contribution is 2.35. The Kier molecular flexibility index (Phi) is 9.67. The first-order chi connectivity index (χ1) is 22.0. The van der Waals surface area contributed by atoms with E-state index in [1.807, 2.05) is 70.6 Å². The number of thiophene rings is 1. The van der Waals surface area contributed by atoms with E-state index >= 15 is 0 Å². The summed E-state index contributed by atoms with van der Waals surface area (Å²) in [6, 6.07) is 31.3. The number of aromatic nitrogens is 3. The van der Waals surface area contributed by atoms with E-state index < -0.39 is 0 Å². The zero-order valence-electron chi connectivity index (χ0n) is 24.7. The highest BCUT2D eigenvalue weighted by atomic mass is 32.2. The first-order valence-corrected chi connectivity index (χ1v) is 16.4. The molecule has 11 heteroatoms. The molecule has 45 heavy (non-hydrogen) atoms. The number of aryl methyl sites for hydroxylation is 1. The van der Waals surface area contributed by atoms with Crippen LogP contribution >= 0.6 is 23.1 Å². The molecule has 1 unspecified atom stereocenters. The van der Waals surface area contributed by atoms with Crippen molar-refractivity contribution >= 4 is 40.6 Å². The summed E-state index contributed by atoms with van der Waals surface area (Å²) < 4.78 is 7.51. The fourth-order valence-corrected chi connectivity index (χ4v) is 6.48. The topological polar surface area (TPSA) is 102 Å². The van der Waals surface area contributed by atoms with E-state index in [1.54, 1.807) is 28.5 Å². The summed E-state index contributed by atoms with van der Waals surface area (Å²) in [6.07, 6.45) is 0.655. The molecule has 1 aliphatic heterocycles. The van der Waals surface area contributed by atoms with E-state index in [-0.39, 0.29) is 36.8 Å². The largest absolute Gasteiger partial charge is 0.484 e. The number of carbonyl (C=O) groups is 2. The fraction of sp³-hybridized carbons (Fsp3) is 0.206. The number of hydrogen-bond acceptors (Lipinski definition) is 8. The van der Waals surface area contributed by atoms with Gasteiger partial charge < -0.3 is 14.6 Å². The number of thioether (sulfide) groups is 1. The van der Waals surface area contributed by atoms with E-state index in [0.717, 1.165) is 27.3 Å². The number of rotatable bonds is 12. The molecule has 0 spiro atoms. The van der Waals surface area contributed by atoms with Crippen LogP contribution < -0.4 is 10.1 Å². The number of nitrogens with zero attached hydrogens (tertiary/aromatic N) is 5. The summed E-state index contributed by atoms with van der Waals surface area (Å²) >= 11 is 2.94. The molecule has 0 saturated heterocycles. The van der Waals surface area contributed by atoms with Crippen molar-refractivity contribution in [3.63, 3.8) is 0 Å². The summed E-state index contributed by atoms with van der Waals surface area (Å²) in [5, 5.41) is 20.7. The quantitative estimate of drug-likeness (QED) is 0.172. The summed E-state index contributed by atoms with van der Waals surface area (Å²) in [7, 11) is 0. The van der Waals surface area contributed by atoms with Crippen molar-refractivity contribution in [1.82, 2.24) is 25.1 Å². The Morgan fingerprint density at radius 2 is 1.71 bits per heavy atom. The molecular formula is C34H32N6O3S2. The minimum absolute atomic E-state index is 0.112. The molecular weight excluding hydrogens is 605 g/mol. The van der Waals surface area contributed by atoms with E-state index in [4.69, 9.17) is 9.84 Å². The van der Waals surface area contributed by atoms with Crippen molar-refractivity contribution in [2.75, 3.05) is 12.4 Å². The molecule has 228 valence electrons. The first-order valence-electron chi connectivity index (χ1n) is 14.6. The lowest BCUT2D eigenvalue weighted by Gasteiger charge is -2.22. The van der Waals surface area contributed by atoms with Gasteiger partial charge in [0.05, 0.1) is 35.5 Å². The minimum atomic E-state index is -0.270. The molecule has 3 heterocycles. The van der Waals surface area contributed by atoms with Crippen molar-refractivity contribution in [1.29, 1.82) is 0 Å². The van der Waals surface area contributed by atoms with Crippen LogP contribution in [0.5, 0.6) is 5.75 Å². The number of para-hydroxylation sites is 1. The zero-order valence-corrected chi connectivity index (χ0v) is 26.3. The molecule has 3 aromatic carbocycles. The van der Waals surface area contributed by atoms with Crippen LogP contribution in [0.1, 0.15) is 39.9 Å². The average molecular weight is 637 g/mol. The summed E-state index contributed by atoms with van der Waals surface area (Å²) in [5.41, 5.74) is 4.18. The number of amides is 2. The van der Waals surface area contributed by atoms with Gasteiger partial charge in [-0.25, -0.2) is 5.01 Å². The molecule has 6 rings (SSSR count). The van der Waals surface area contributed by atoms with Crippen molar-refractivity contribution in [3.8, 4) is 5.75 Å². The zero-order chi connectivity index (χ0) is 31.0. The third-order valence-electron chi connectivity index (χ3n) is 7.29. The normalized spacial score (nSPS) is 14.3. The second-order valence-corrected chi connectivity index (χ2v) is 12.4. The highest BCUT2D eigenvalue weighted by molar-refractivity contribution is 7.99. The Hall–Kier alpha value is -4.74. The van der Waals surface area contributed by atoms with Gasteiger partial charge in [0, 0.05) is 6.42 Å². The second kappa shape index (κ2) is 14.4. The van der Waals surface area contributed by atoms with Gasteiger partial charge in [0.1, 0.15) is 5.75 Å². The Bertz CT molecular complexity index is 1760. The third-order valence-corrected chi connectivity index (χ3v) is 9.16. The highest BCUT2D eigenvalue weighted by Gasteiger charge is 2.33. The van der Waals surface area contributed by atoms with Gasteiger partial charge in [-0.3, -0.25) is 9.59 Å². The van der Waals surface area contributed by atoms with Crippen LogP contribution in [0, 0.1) is 6.92 Å². The fourth-order valence-electron chi connectivity index (χ4n) is 4.95. The molecule has 0 saturated carbocycles. The monoisotopic (exact) mass is 636 g/mol. The summed E-state index contributed by atoms with van der Waals surface area (Å²) in [5.74, 6) is 0.956. The van der Waals surface area contributed by atoms with Gasteiger partial charge in [0.15, 0.2) is 17.6 Å². The average Bonchev–Trinajstić information content (AvgIpc) is 3.84. The number of hydrogen-bond donors (Lipinski definition) is 1. The van der Waals surface area contributed by atoms with Crippen LogP contribution in [-0.2, 0) is 22.7 Å². The van der Waals surface area contributed by atoms with E-state index in [0.29, 0.717) is 29.7 Å². The Morgan fingerprint density at radius 3 is 2.44 bits per heavy atom. The van der Waals surface area contributed by atoms with Gasteiger partial charge >= 0.3 is 0 Å². The molecule has 0 radical (unpaired) electrons. The van der Waals surface area contributed by atoms with Gasteiger partial charge in [0.2, 0.25) is 0 Å². The van der Waals surface area contributed by atoms with E-state index in [2.05, 4.69) is 46.7 Å². The minimum Gasteiger partial charge on any atom is -0.484 e. The molecule has 1 atom stereocenters. The summed E-state index contributed by atoms with van der Waals surface area (Å²) in [4.78, 5) is 27.4. The van der Waals surface area contributed by atoms with Gasteiger partial charge in [0.25, 0.3) is 11.8 Å². The van der Waals surface area contributed by atoms with Crippen LogP contribution in [0.4, 0.5) is 0 Å². The lowest BCUT2D eigenvalue weighted by atomic mass is 10.00. The maximum atomic E-state index is 13.7. The van der Waals surface area contributed by atoms with Crippen molar-refractivity contribution in [2.24, 2.45) is 5.10 Å². The number of carbonyl (C=O) groups excluding carboxylic acids is 2. The summed E-state index contributed by atoms with van der Waals surface area (Å²) in [6.45, 7) is 2.60. The first kappa shape index (κ1) is 30.3. The number of ether oxygens (including phenoxy) is 1. The number of hydrazone groups is 1. The number of benzene rings is 3. The molecule has 0 bridgehead atoms. The maximum absolute atomic E-state index is 13.7. The maximum Gasteiger partial charge on any atom is 0.258 e. The molecule has 2 amide bonds. The van der Waals surface area contributed by atoms with Crippen LogP contribution in [0.25, 0.3) is 0 Å². The Balaban J connectivity index is 1.16. The van der Waals surface area contributed by atoms with Crippen molar-refractivity contribution in [3.05, 3.63) is 130 Å². The Morgan fingerprint density at radius 1 is 0.956 bits per heavy atom. The SMILES string of the molecule is Cc1ccc(C2CC(c3cccs3)=NN2C(=O)CSc2nnc(CNC(=O)COc3ccccc3)n2Cc2ccccc2)cc1. The van der Waals surface area contributed by atoms with Gasteiger partial charge in [-0.2, -0.15) is 5.10 Å². The molecule has 2 aromatic heterocycles. The molecule has 9 nitrogen and oxygen atoms in total.